The molecule has 0 fully saturated rings. The second kappa shape index (κ2) is 5.28. The average molecular weight is 313 g/mol. The van der Waals surface area contributed by atoms with Crippen LogP contribution in [0.3, 0.4) is 0 Å². The predicted molar refractivity (Wildman–Crippen MR) is 75.0 cm³/mol. The lowest BCUT2D eigenvalue weighted by Crippen LogP contribution is -2.44. The molecule has 98 valence electrons. The monoisotopic (exact) mass is 312 g/mol. The number of ether oxygens (including phenoxy) is 1. The smallest absolute Gasteiger partial charge is 0.243 e. The molecule has 1 aromatic carbocycles. The fourth-order valence-corrected chi connectivity index (χ4v) is 2.94. The van der Waals surface area contributed by atoms with Crippen molar-refractivity contribution in [1.82, 2.24) is 0 Å². The minimum absolute atomic E-state index is 0.0342. The highest BCUT2D eigenvalue weighted by Gasteiger charge is 2.26. The summed E-state index contributed by atoms with van der Waals surface area (Å²) >= 11 is 3.55. The largest absolute Gasteiger partial charge is 0.496 e. The normalized spacial score (nSPS) is 16.1. The minimum Gasteiger partial charge on any atom is -0.496 e. The van der Waals surface area contributed by atoms with Gasteiger partial charge in [-0.1, -0.05) is 0 Å². The number of methoxy groups -OCH3 is 1. The van der Waals surface area contributed by atoms with Crippen molar-refractivity contribution in [3.8, 4) is 5.75 Å². The molecule has 0 radical (unpaired) electrons. The molecule has 4 nitrogen and oxygen atoms in total. The van der Waals surface area contributed by atoms with Gasteiger partial charge in [0.1, 0.15) is 5.75 Å². The molecule has 1 aromatic rings. The van der Waals surface area contributed by atoms with Gasteiger partial charge in [-0.2, -0.15) is 0 Å². The summed E-state index contributed by atoms with van der Waals surface area (Å²) in [5.74, 6) is 0.761. The maximum atomic E-state index is 12.1. The van der Waals surface area contributed by atoms with Crippen LogP contribution in [0.2, 0.25) is 0 Å². The lowest BCUT2D eigenvalue weighted by molar-refractivity contribution is -0.119. The van der Waals surface area contributed by atoms with Gasteiger partial charge in [-0.15, -0.1) is 0 Å². The number of anilines is 1. The van der Waals surface area contributed by atoms with Crippen molar-refractivity contribution >= 4 is 27.5 Å². The number of carbonyl (C=O) groups is 1. The lowest BCUT2D eigenvalue weighted by Gasteiger charge is -2.31. The highest BCUT2D eigenvalue weighted by molar-refractivity contribution is 9.10. The number of nitrogens with zero attached hydrogens (tertiary/aromatic N) is 1. The standard InChI is InChI=1S/C13H17BrN2O2/c1-8(15)13(17)16-7-3-4-9-10(16)5-6-11(18-2)12(9)14/h5-6,8H,3-4,7,15H2,1-2H3. The summed E-state index contributed by atoms with van der Waals surface area (Å²) in [4.78, 5) is 13.9. The topological polar surface area (TPSA) is 55.6 Å². The maximum Gasteiger partial charge on any atom is 0.243 e. The Morgan fingerprint density at radius 1 is 1.56 bits per heavy atom. The van der Waals surface area contributed by atoms with Gasteiger partial charge in [-0.3, -0.25) is 4.79 Å². The molecule has 1 aliphatic rings. The van der Waals surface area contributed by atoms with E-state index in [1.54, 1.807) is 18.9 Å². The van der Waals surface area contributed by atoms with E-state index < -0.39 is 6.04 Å². The van der Waals surface area contributed by atoms with E-state index in [0.717, 1.165) is 40.9 Å². The van der Waals surface area contributed by atoms with E-state index in [2.05, 4.69) is 15.9 Å². The number of amides is 1. The molecular weight excluding hydrogens is 296 g/mol. The van der Waals surface area contributed by atoms with Gasteiger partial charge < -0.3 is 15.4 Å². The molecule has 1 heterocycles. The van der Waals surface area contributed by atoms with Crippen LogP contribution < -0.4 is 15.4 Å². The first-order valence-electron chi connectivity index (χ1n) is 5.98. The Morgan fingerprint density at radius 2 is 2.28 bits per heavy atom. The number of nitrogens with two attached hydrogens (primary N) is 1. The van der Waals surface area contributed by atoms with Crippen molar-refractivity contribution < 1.29 is 9.53 Å². The van der Waals surface area contributed by atoms with E-state index in [9.17, 15) is 4.79 Å². The van der Waals surface area contributed by atoms with Crippen LogP contribution in [0.15, 0.2) is 16.6 Å². The molecule has 2 N–H and O–H groups in total. The summed E-state index contributed by atoms with van der Waals surface area (Å²) in [5.41, 5.74) is 7.75. The van der Waals surface area contributed by atoms with Crippen molar-refractivity contribution in [2.24, 2.45) is 5.73 Å². The Kier molecular flexibility index (Phi) is 3.92. The molecule has 18 heavy (non-hydrogen) atoms. The van der Waals surface area contributed by atoms with Crippen molar-refractivity contribution in [1.29, 1.82) is 0 Å². The van der Waals surface area contributed by atoms with E-state index >= 15 is 0 Å². The van der Waals surface area contributed by atoms with Crippen molar-refractivity contribution in [2.45, 2.75) is 25.8 Å². The number of fused-ring (bicyclic) bond motifs is 1. The van der Waals surface area contributed by atoms with Crippen LogP contribution >= 0.6 is 15.9 Å². The Hall–Kier alpha value is -1.07. The van der Waals surface area contributed by atoms with E-state index in [0.29, 0.717) is 0 Å². The molecule has 1 atom stereocenters. The van der Waals surface area contributed by atoms with Gasteiger partial charge in [0.2, 0.25) is 5.91 Å². The fourth-order valence-electron chi connectivity index (χ4n) is 2.25. The molecule has 0 saturated carbocycles. The van der Waals surface area contributed by atoms with Gasteiger partial charge in [0, 0.05) is 12.2 Å². The van der Waals surface area contributed by atoms with E-state index in [1.165, 1.54) is 0 Å². The first-order chi connectivity index (χ1) is 8.56. The van der Waals surface area contributed by atoms with Crippen molar-refractivity contribution in [3.63, 3.8) is 0 Å². The predicted octanol–water partition coefficient (Wildman–Crippen LogP) is 2.08. The van der Waals surface area contributed by atoms with Crippen LogP contribution in [0.25, 0.3) is 0 Å². The molecule has 0 aromatic heterocycles. The third-order valence-electron chi connectivity index (χ3n) is 3.16. The van der Waals surface area contributed by atoms with Crippen molar-refractivity contribution in [3.05, 3.63) is 22.2 Å². The van der Waals surface area contributed by atoms with E-state index in [4.69, 9.17) is 10.5 Å². The molecule has 0 aliphatic carbocycles. The number of halogens is 1. The highest BCUT2D eigenvalue weighted by Crippen LogP contribution is 2.38. The molecule has 1 unspecified atom stereocenters. The zero-order valence-corrected chi connectivity index (χ0v) is 12.2. The number of benzene rings is 1. The van der Waals surface area contributed by atoms with Crippen LogP contribution in [-0.4, -0.2) is 25.6 Å². The number of hydrogen-bond acceptors (Lipinski definition) is 3. The fraction of sp³-hybridized carbons (Fsp3) is 0.462. The highest BCUT2D eigenvalue weighted by atomic mass is 79.9. The average Bonchev–Trinajstić information content (AvgIpc) is 2.38. The Morgan fingerprint density at radius 3 is 2.89 bits per heavy atom. The molecule has 2 rings (SSSR count). The lowest BCUT2D eigenvalue weighted by atomic mass is 10.0. The van der Waals surface area contributed by atoms with Gasteiger partial charge in [0.25, 0.3) is 0 Å². The molecule has 5 heteroatoms. The van der Waals surface area contributed by atoms with Gasteiger partial charge >= 0.3 is 0 Å². The van der Waals surface area contributed by atoms with E-state index in [1.807, 2.05) is 12.1 Å². The molecular formula is C13H17BrN2O2. The van der Waals surface area contributed by atoms with E-state index in [-0.39, 0.29) is 5.91 Å². The first-order valence-corrected chi connectivity index (χ1v) is 6.78. The van der Waals surface area contributed by atoms with Crippen LogP contribution in [0.5, 0.6) is 5.75 Å². The van der Waals surface area contributed by atoms with Crippen LogP contribution in [0.1, 0.15) is 18.9 Å². The SMILES string of the molecule is COc1ccc2c(c1Br)CCCN2C(=O)C(C)N. The van der Waals surface area contributed by atoms with Crippen molar-refractivity contribution in [2.75, 3.05) is 18.6 Å². The van der Waals surface area contributed by atoms with Crippen LogP contribution in [0, 0.1) is 0 Å². The second-order valence-electron chi connectivity index (χ2n) is 4.46. The third-order valence-corrected chi connectivity index (χ3v) is 4.03. The summed E-state index contributed by atoms with van der Waals surface area (Å²) in [6.45, 7) is 2.45. The first kappa shape index (κ1) is 13.4. The number of carbonyl (C=O) groups excluding carboxylic acids is 1. The van der Waals surface area contributed by atoms with Gasteiger partial charge in [-0.05, 0) is 53.4 Å². The summed E-state index contributed by atoms with van der Waals surface area (Å²) in [6.07, 6.45) is 1.88. The summed E-state index contributed by atoms with van der Waals surface area (Å²) in [7, 11) is 1.64. The molecule has 0 spiro atoms. The van der Waals surface area contributed by atoms with Gasteiger partial charge in [0.05, 0.1) is 17.6 Å². The quantitative estimate of drug-likeness (QED) is 0.909. The summed E-state index contributed by atoms with van der Waals surface area (Å²) in [5, 5.41) is 0. The Balaban J connectivity index is 2.45. The number of rotatable bonds is 2. The maximum absolute atomic E-state index is 12.1. The zero-order chi connectivity index (χ0) is 13.3. The van der Waals surface area contributed by atoms with Gasteiger partial charge in [0.15, 0.2) is 0 Å². The van der Waals surface area contributed by atoms with Crippen LogP contribution in [0.4, 0.5) is 5.69 Å². The minimum atomic E-state index is -0.475. The molecule has 1 aliphatic heterocycles. The second-order valence-corrected chi connectivity index (χ2v) is 5.25. The zero-order valence-electron chi connectivity index (χ0n) is 10.6. The summed E-state index contributed by atoms with van der Waals surface area (Å²) < 4.78 is 6.21. The number of hydrogen-bond donors (Lipinski definition) is 1. The third kappa shape index (κ3) is 2.24. The molecule has 0 bridgehead atoms. The molecule has 1 amide bonds. The Labute approximate surface area is 115 Å². The van der Waals surface area contributed by atoms with Gasteiger partial charge in [-0.25, -0.2) is 0 Å². The molecule has 0 saturated heterocycles. The summed E-state index contributed by atoms with van der Waals surface area (Å²) in [6, 6.07) is 3.32. The van der Waals surface area contributed by atoms with Crippen LogP contribution in [-0.2, 0) is 11.2 Å². The Bertz CT molecular complexity index is 474.